The summed E-state index contributed by atoms with van der Waals surface area (Å²) in [5.41, 5.74) is 5.45. The predicted octanol–water partition coefficient (Wildman–Crippen LogP) is 4.42. The van der Waals surface area contributed by atoms with Crippen LogP contribution in [0.25, 0.3) is 22.5 Å². The molecule has 200 valence electrons. The van der Waals surface area contributed by atoms with Gasteiger partial charge in [-0.3, -0.25) is 18.9 Å². The van der Waals surface area contributed by atoms with Crippen LogP contribution in [-0.2, 0) is 24.1 Å². The molecule has 0 saturated carbocycles. The summed E-state index contributed by atoms with van der Waals surface area (Å²) >= 11 is 0. The van der Waals surface area contributed by atoms with Crippen molar-refractivity contribution in [3.8, 4) is 22.5 Å². The van der Waals surface area contributed by atoms with Crippen LogP contribution in [0.1, 0.15) is 61.7 Å². The number of nitrogens with zero attached hydrogens (tertiary/aromatic N) is 3. The van der Waals surface area contributed by atoms with E-state index in [4.69, 9.17) is 14.2 Å². The van der Waals surface area contributed by atoms with E-state index in [2.05, 4.69) is 29.2 Å². The number of nitrogens with one attached hydrogen (secondary N) is 1. The van der Waals surface area contributed by atoms with E-state index in [1.807, 2.05) is 47.9 Å². The van der Waals surface area contributed by atoms with Crippen molar-refractivity contribution in [2.24, 2.45) is 0 Å². The van der Waals surface area contributed by atoms with E-state index in [0.717, 1.165) is 84.5 Å². The number of unbranched alkanes of at least 4 members (excludes halogenated alkanes) is 1. The number of benzene rings is 2. The molecule has 8 nitrogen and oxygen atoms in total. The molecule has 0 amide bonds. The van der Waals surface area contributed by atoms with E-state index in [1.165, 1.54) is 0 Å². The molecule has 2 aromatic carbocycles. The van der Waals surface area contributed by atoms with Crippen molar-refractivity contribution in [2.45, 2.75) is 71.4 Å². The molecule has 1 aliphatic heterocycles. The summed E-state index contributed by atoms with van der Waals surface area (Å²) in [6.45, 7) is 5.39. The Hall–Kier alpha value is -2.14. The first-order valence-corrected chi connectivity index (χ1v) is 13.5. The summed E-state index contributed by atoms with van der Waals surface area (Å²) in [5, 5.41) is 3.85. The van der Waals surface area contributed by atoms with Crippen molar-refractivity contribution in [1.82, 2.24) is 19.7 Å². The maximum atomic E-state index is 13.8. The third kappa shape index (κ3) is 7.14. The molecule has 0 aliphatic carbocycles. The van der Waals surface area contributed by atoms with Crippen molar-refractivity contribution in [1.29, 1.82) is 0 Å². The summed E-state index contributed by atoms with van der Waals surface area (Å²) in [6.07, 6.45) is 6.62. The van der Waals surface area contributed by atoms with Crippen LogP contribution in [0.3, 0.4) is 0 Å². The molecular weight excluding hydrogens is 519 g/mol. The standard InChI is InChI=1S/C30H34N4O4.K.H/c1-3-4-12-27-26(29(35)34(20(2)31-27)19-23-9-7-8-17-37-23)18-21-13-15-22(16-14-21)24-10-5-6-11-25(24)28-32-30(36)38-33-28;;/h5-6,10-11,13-16,23H,3-4,7-9,12,17-19H2,1-2H3,(H,32,33,36);;. The zero-order valence-corrected chi connectivity index (χ0v) is 22.0. The van der Waals surface area contributed by atoms with E-state index in [0.29, 0.717) is 18.8 Å². The van der Waals surface area contributed by atoms with Gasteiger partial charge in [0, 0.05) is 24.2 Å². The fourth-order valence-electron chi connectivity index (χ4n) is 5.15. The fourth-order valence-corrected chi connectivity index (χ4v) is 5.15. The zero-order valence-electron chi connectivity index (χ0n) is 22.0. The summed E-state index contributed by atoms with van der Waals surface area (Å²) < 4.78 is 12.4. The van der Waals surface area contributed by atoms with Crippen LogP contribution < -0.4 is 11.3 Å². The number of hydrogen-bond acceptors (Lipinski definition) is 6. The Bertz CT molecular complexity index is 1500. The predicted molar refractivity (Wildman–Crippen MR) is 153 cm³/mol. The molecule has 1 atom stereocenters. The van der Waals surface area contributed by atoms with E-state index < -0.39 is 5.76 Å². The third-order valence-corrected chi connectivity index (χ3v) is 7.23. The average Bonchev–Trinajstić information content (AvgIpc) is 3.38. The van der Waals surface area contributed by atoms with Crippen LogP contribution in [-0.4, -0.2) is 83.8 Å². The Kier molecular flexibility index (Phi) is 10.7. The van der Waals surface area contributed by atoms with Gasteiger partial charge in [-0.25, -0.2) is 9.78 Å². The summed E-state index contributed by atoms with van der Waals surface area (Å²) in [6, 6.07) is 15.9. The average molecular weight is 555 g/mol. The van der Waals surface area contributed by atoms with Gasteiger partial charge in [-0.05, 0) is 55.7 Å². The van der Waals surface area contributed by atoms with Crippen LogP contribution in [0.2, 0.25) is 0 Å². The Morgan fingerprint density at radius 2 is 1.82 bits per heavy atom. The molecule has 1 fully saturated rings. The summed E-state index contributed by atoms with van der Waals surface area (Å²) in [7, 11) is 0. The van der Waals surface area contributed by atoms with Gasteiger partial charge in [-0.1, -0.05) is 67.0 Å². The zero-order chi connectivity index (χ0) is 26.5. The second kappa shape index (κ2) is 14.0. The first-order chi connectivity index (χ1) is 18.5. The third-order valence-electron chi connectivity index (χ3n) is 7.23. The quantitative estimate of drug-likeness (QED) is 0.307. The van der Waals surface area contributed by atoms with Gasteiger partial charge in [-0.15, -0.1) is 0 Å². The molecule has 3 heterocycles. The van der Waals surface area contributed by atoms with Crippen LogP contribution in [0.4, 0.5) is 0 Å². The molecule has 2 aromatic heterocycles. The number of H-pyrrole nitrogens is 1. The SMILES string of the molecule is CCCCc1nc(C)n(CC2CCCCO2)c(=O)c1Cc1ccc(-c2ccccc2-c2noc(=O)[nH]2)cc1.[KH]. The maximum absolute atomic E-state index is 13.8. The molecular formula is C30H35KN4O4. The van der Waals surface area contributed by atoms with E-state index >= 15 is 0 Å². The van der Waals surface area contributed by atoms with Gasteiger partial charge in [0.15, 0.2) is 5.82 Å². The topological polar surface area (TPSA) is 103 Å². The van der Waals surface area contributed by atoms with E-state index in [1.54, 1.807) is 0 Å². The number of hydrogen-bond donors (Lipinski definition) is 1. The molecule has 1 saturated heterocycles. The van der Waals surface area contributed by atoms with Gasteiger partial charge in [0.05, 0.1) is 18.3 Å². The minimum atomic E-state index is -0.587. The van der Waals surface area contributed by atoms with Crippen LogP contribution >= 0.6 is 0 Å². The van der Waals surface area contributed by atoms with Crippen LogP contribution in [0, 0.1) is 6.92 Å². The molecule has 1 N–H and O–H groups in total. The Morgan fingerprint density at radius 1 is 1.05 bits per heavy atom. The molecule has 1 unspecified atom stereocenters. The van der Waals surface area contributed by atoms with Gasteiger partial charge < -0.3 is 4.74 Å². The molecule has 0 bridgehead atoms. The number of aryl methyl sites for hydroxylation is 2. The van der Waals surface area contributed by atoms with Gasteiger partial charge in [0.2, 0.25) is 0 Å². The number of aromatic nitrogens is 4. The summed E-state index contributed by atoms with van der Waals surface area (Å²) in [4.78, 5) is 32.8. The number of rotatable bonds is 9. The van der Waals surface area contributed by atoms with Gasteiger partial charge >= 0.3 is 57.1 Å². The first kappa shape index (κ1) is 29.8. The first-order valence-electron chi connectivity index (χ1n) is 13.5. The van der Waals surface area contributed by atoms with Crippen molar-refractivity contribution >= 4 is 51.4 Å². The van der Waals surface area contributed by atoms with Gasteiger partial charge in [0.1, 0.15) is 5.82 Å². The molecule has 39 heavy (non-hydrogen) atoms. The number of ether oxygens (including phenoxy) is 1. The monoisotopic (exact) mass is 554 g/mol. The fraction of sp³-hybridized carbons (Fsp3) is 0.400. The second-order valence-electron chi connectivity index (χ2n) is 9.96. The normalized spacial score (nSPS) is 15.2. The van der Waals surface area contributed by atoms with E-state index in [-0.39, 0.29) is 63.0 Å². The van der Waals surface area contributed by atoms with Gasteiger partial charge in [0.25, 0.3) is 5.56 Å². The Balaban J connectivity index is 0.00000353. The molecule has 9 heteroatoms. The number of aromatic amines is 1. The second-order valence-corrected chi connectivity index (χ2v) is 9.96. The van der Waals surface area contributed by atoms with Gasteiger partial charge in [-0.2, -0.15) is 0 Å². The molecule has 1 aliphatic rings. The van der Waals surface area contributed by atoms with E-state index in [9.17, 15) is 9.59 Å². The van der Waals surface area contributed by atoms with Crippen molar-refractivity contribution in [3.05, 3.63) is 92.1 Å². The van der Waals surface area contributed by atoms with Crippen LogP contribution in [0.5, 0.6) is 0 Å². The van der Waals surface area contributed by atoms with Crippen molar-refractivity contribution in [3.63, 3.8) is 0 Å². The summed E-state index contributed by atoms with van der Waals surface area (Å²) in [5.74, 6) is 0.566. The molecule has 5 rings (SSSR count). The molecule has 0 spiro atoms. The van der Waals surface area contributed by atoms with Crippen molar-refractivity contribution in [2.75, 3.05) is 6.61 Å². The van der Waals surface area contributed by atoms with Crippen LogP contribution in [0.15, 0.2) is 62.6 Å². The molecule has 0 radical (unpaired) electrons. The molecule has 4 aromatic rings. The minimum absolute atomic E-state index is 0. The Labute approximate surface area is 270 Å². The Morgan fingerprint density at radius 3 is 2.49 bits per heavy atom. The van der Waals surface area contributed by atoms with Crippen molar-refractivity contribution < 1.29 is 9.26 Å².